The number of piperazine rings is 1. The molecule has 4 aromatic heterocycles. The first-order valence-corrected chi connectivity index (χ1v) is 12.8. The molecule has 9 nitrogen and oxygen atoms in total. The van der Waals surface area contributed by atoms with Gasteiger partial charge in [0.05, 0.1) is 6.20 Å². The molecule has 5 aromatic rings. The molecule has 1 N–H and O–H groups in total. The summed E-state index contributed by atoms with van der Waals surface area (Å²) in [5.41, 5.74) is 4.48. The maximum Gasteiger partial charge on any atom is 0.490 e. The van der Waals surface area contributed by atoms with E-state index in [-0.39, 0.29) is 11.7 Å². The molecule has 42 heavy (non-hydrogen) atoms. The van der Waals surface area contributed by atoms with Crippen molar-refractivity contribution in [1.82, 2.24) is 24.1 Å². The number of amides is 1. The van der Waals surface area contributed by atoms with Crippen molar-refractivity contribution in [3.63, 3.8) is 0 Å². The molecule has 13 heteroatoms. The number of nitrogens with zero attached hydrogens (tertiary/aromatic N) is 6. The van der Waals surface area contributed by atoms with E-state index >= 15 is 0 Å². The van der Waals surface area contributed by atoms with Crippen molar-refractivity contribution in [3.8, 4) is 16.9 Å². The van der Waals surface area contributed by atoms with Gasteiger partial charge in [-0.2, -0.15) is 18.3 Å². The number of fused-ring (bicyclic) bond motifs is 1. The first-order chi connectivity index (χ1) is 20.1. The van der Waals surface area contributed by atoms with Crippen molar-refractivity contribution in [2.75, 3.05) is 31.1 Å². The third-order valence-electron chi connectivity index (χ3n) is 6.72. The van der Waals surface area contributed by atoms with Crippen LogP contribution in [0.5, 0.6) is 0 Å². The number of alkyl halides is 3. The number of carbonyl (C=O) groups excluding carboxylic acids is 1. The highest BCUT2D eigenvalue weighted by Gasteiger charge is 2.38. The number of aliphatic carboxylic acids is 1. The summed E-state index contributed by atoms with van der Waals surface area (Å²) in [5, 5.41) is 11.6. The normalized spacial score (nSPS) is 13.5. The van der Waals surface area contributed by atoms with Gasteiger partial charge in [0.25, 0.3) is 5.91 Å². The van der Waals surface area contributed by atoms with Crippen LogP contribution in [-0.2, 0) is 4.79 Å². The van der Waals surface area contributed by atoms with Crippen LogP contribution in [0, 0.1) is 5.82 Å². The smallest absolute Gasteiger partial charge is 0.475 e. The van der Waals surface area contributed by atoms with Crippen LogP contribution in [0.15, 0.2) is 91.5 Å². The molecule has 1 aliphatic heterocycles. The van der Waals surface area contributed by atoms with Gasteiger partial charge in [-0.1, -0.05) is 18.2 Å². The van der Waals surface area contributed by atoms with E-state index in [9.17, 15) is 22.4 Å². The van der Waals surface area contributed by atoms with Gasteiger partial charge in [0.1, 0.15) is 17.3 Å². The van der Waals surface area contributed by atoms with Crippen molar-refractivity contribution in [2.24, 2.45) is 0 Å². The maximum absolute atomic E-state index is 13.5. The van der Waals surface area contributed by atoms with Crippen LogP contribution in [0.4, 0.5) is 23.2 Å². The van der Waals surface area contributed by atoms with Crippen molar-refractivity contribution < 1.29 is 32.3 Å². The summed E-state index contributed by atoms with van der Waals surface area (Å²) >= 11 is 0. The molecule has 1 aromatic carbocycles. The van der Waals surface area contributed by atoms with Crippen LogP contribution in [0.2, 0.25) is 0 Å². The van der Waals surface area contributed by atoms with Crippen LogP contribution in [-0.4, -0.2) is 73.4 Å². The Balaban J connectivity index is 0.000000451. The van der Waals surface area contributed by atoms with Crippen molar-refractivity contribution >= 4 is 23.1 Å². The number of halogens is 4. The number of carboxylic acids is 1. The number of hydrogen-bond acceptors (Lipinski definition) is 5. The van der Waals surface area contributed by atoms with E-state index in [1.54, 1.807) is 41.5 Å². The van der Waals surface area contributed by atoms with Crippen molar-refractivity contribution in [3.05, 3.63) is 103 Å². The highest BCUT2D eigenvalue weighted by atomic mass is 19.4. The Morgan fingerprint density at radius 3 is 2.05 bits per heavy atom. The molecule has 0 unspecified atom stereocenters. The maximum atomic E-state index is 13.5. The summed E-state index contributed by atoms with van der Waals surface area (Å²) in [6.07, 6.45) is 2.13. The molecule has 1 amide bonds. The van der Waals surface area contributed by atoms with Gasteiger partial charge in [0, 0.05) is 56.0 Å². The average molecular weight is 581 g/mol. The second kappa shape index (κ2) is 11.7. The monoisotopic (exact) mass is 580 g/mol. The van der Waals surface area contributed by atoms with E-state index in [2.05, 4.69) is 15.0 Å². The lowest BCUT2D eigenvalue weighted by Gasteiger charge is -2.36. The number of aromatic nitrogens is 4. The molecule has 0 radical (unpaired) electrons. The molecule has 0 aliphatic carbocycles. The second-order valence-electron chi connectivity index (χ2n) is 9.33. The predicted molar refractivity (Wildman–Crippen MR) is 146 cm³/mol. The van der Waals surface area contributed by atoms with E-state index in [0.717, 1.165) is 41.2 Å². The molecule has 216 valence electrons. The topological polar surface area (TPSA) is 96.0 Å². The molecule has 1 fully saturated rings. The Bertz CT molecular complexity index is 1690. The summed E-state index contributed by atoms with van der Waals surface area (Å²) < 4.78 is 48.8. The van der Waals surface area contributed by atoms with Crippen LogP contribution < -0.4 is 4.90 Å². The zero-order valence-electron chi connectivity index (χ0n) is 21.9. The van der Waals surface area contributed by atoms with E-state index in [1.807, 2.05) is 51.9 Å². The van der Waals surface area contributed by atoms with E-state index in [1.165, 1.54) is 12.1 Å². The quantitative estimate of drug-likeness (QED) is 0.303. The van der Waals surface area contributed by atoms with E-state index in [4.69, 9.17) is 9.90 Å². The summed E-state index contributed by atoms with van der Waals surface area (Å²) in [7, 11) is 0. The van der Waals surface area contributed by atoms with Crippen LogP contribution in [0.25, 0.3) is 22.5 Å². The number of hydrogen-bond donors (Lipinski definition) is 1. The first kappa shape index (κ1) is 28.3. The lowest BCUT2D eigenvalue weighted by molar-refractivity contribution is -0.192. The fraction of sp³-hybridized carbons (Fsp3) is 0.172. The predicted octanol–water partition coefficient (Wildman–Crippen LogP) is 4.92. The van der Waals surface area contributed by atoms with Crippen LogP contribution in [0.3, 0.4) is 0 Å². The number of pyridine rings is 2. The number of benzene rings is 1. The van der Waals surface area contributed by atoms with Gasteiger partial charge >= 0.3 is 12.1 Å². The Kier molecular flexibility index (Phi) is 7.91. The molecule has 0 spiro atoms. The van der Waals surface area contributed by atoms with Gasteiger partial charge in [0.15, 0.2) is 0 Å². The van der Waals surface area contributed by atoms with Gasteiger partial charge in [-0.05, 0) is 59.7 Å². The summed E-state index contributed by atoms with van der Waals surface area (Å²) in [4.78, 5) is 30.6. The molecular weight excluding hydrogens is 556 g/mol. The fourth-order valence-electron chi connectivity index (χ4n) is 4.60. The molecule has 1 saturated heterocycles. The number of carbonyl (C=O) groups is 2. The zero-order chi connectivity index (χ0) is 29.9. The number of anilines is 1. The van der Waals surface area contributed by atoms with E-state index < -0.39 is 12.1 Å². The van der Waals surface area contributed by atoms with Gasteiger partial charge in [-0.3, -0.25) is 9.78 Å². The Labute approximate surface area is 236 Å². The molecule has 0 bridgehead atoms. The minimum absolute atomic E-state index is 0.0403. The van der Waals surface area contributed by atoms with Crippen molar-refractivity contribution in [1.29, 1.82) is 0 Å². The zero-order valence-corrected chi connectivity index (χ0v) is 21.9. The van der Waals surface area contributed by atoms with Gasteiger partial charge in [-0.15, -0.1) is 0 Å². The molecule has 1 aliphatic rings. The Morgan fingerprint density at radius 1 is 0.786 bits per heavy atom. The minimum atomic E-state index is -5.08. The molecule has 0 atom stereocenters. The summed E-state index contributed by atoms with van der Waals surface area (Å²) in [6.45, 7) is 2.80. The van der Waals surface area contributed by atoms with Crippen LogP contribution in [0.1, 0.15) is 10.5 Å². The average Bonchev–Trinajstić information content (AvgIpc) is 3.64. The first-order valence-electron chi connectivity index (χ1n) is 12.8. The summed E-state index contributed by atoms with van der Waals surface area (Å²) in [5.74, 6) is -2.29. The lowest BCUT2D eigenvalue weighted by Crippen LogP contribution is -2.49. The Hall–Kier alpha value is -5.20. The van der Waals surface area contributed by atoms with Gasteiger partial charge in [-0.25, -0.2) is 13.9 Å². The minimum Gasteiger partial charge on any atom is -0.475 e. The molecular formula is C29H24F4N6O3. The largest absolute Gasteiger partial charge is 0.490 e. The third-order valence-corrected chi connectivity index (χ3v) is 6.72. The Morgan fingerprint density at radius 2 is 1.40 bits per heavy atom. The second-order valence-corrected chi connectivity index (χ2v) is 9.33. The number of rotatable bonds is 4. The molecule has 5 heterocycles. The highest BCUT2D eigenvalue weighted by Crippen LogP contribution is 2.24. The van der Waals surface area contributed by atoms with Crippen LogP contribution >= 0.6 is 0 Å². The molecule has 6 rings (SSSR count). The van der Waals surface area contributed by atoms with Gasteiger partial charge in [0.2, 0.25) is 0 Å². The third kappa shape index (κ3) is 6.09. The molecule has 0 saturated carbocycles. The fourth-order valence-corrected chi connectivity index (χ4v) is 4.60. The highest BCUT2D eigenvalue weighted by molar-refractivity contribution is 5.93. The lowest BCUT2D eigenvalue weighted by atomic mass is 10.1. The number of carboxylic acid groups (broad SMARTS) is 1. The van der Waals surface area contributed by atoms with E-state index in [0.29, 0.717) is 18.8 Å². The summed E-state index contributed by atoms with van der Waals surface area (Å²) in [6, 6.07) is 20.1. The SMILES string of the molecule is O=C(O)C(F)(F)F.O=C(c1ccnn1-c1ccc2ccc(-c3ccc(F)cc3)cn12)N1CCN(c2ccncc2)CC1. The van der Waals surface area contributed by atoms with Gasteiger partial charge < -0.3 is 19.3 Å². The van der Waals surface area contributed by atoms with Crippen molar-refractivity contribution in [2.45, 2.75) is 6.18 Å². The standard InChI is InChI=1S/C27H23FN6O.C2HF3O2/c28-22-4-1-20(2-5-22)21-3-6-24-7-8-26(33(24)19-21)34-25(11-14-30-34)27(35)32-17-15-31(16-18-32)23-9-12-29-13-10-23;3-2(4,5)1(6)7/h1-14,19H,15-18H2;(H,6,7).